The van der Waals surface area contributed by atoms with Crippen molar-refractivity contribution in [3.05, 3.63) is 11.8 Å². The zero-order valence-electron chi connectivity index (χ0n) is 7.84. The summed E-state index contributed by atoms with van der Waals surface area (Å²) in [5.41, 5.74) is -0.199. The average molecular weight is 236 g/mol. The SMILES string of the molecule is CCOC(=O)c1cnn(CF)c1S(=O)O. The van der Waals surface area contributed by atoms with Crippen molar-refractivity contribution in [2.45, 2.75) is 18.7 Å². The highest BCUT2D eigenvalue weighted by Gasteiger charge is 2.22. The van der Waals surface area contributed by atoms with Crippen LogP contribution in [0, 0.1) is 0 Å². The largest absolute Gasteiger partial charge is 0.462 e. The number of carbonyl (C=O) groups is 1. The van der Waals surface area contributed by atoms with Crippen LogP contribution in [0.15, 0.2) is 11.2 Å². The van der Waals surface area contributed by atoms with Gasteiger partial charge in [-0.3, -0.25) is 0 Å². The minimum atomic E-state index is -2.49. The zero-order valence-corrected chi connectivity index (χ0v) is 8.66. The van der Waals surface area contributed by atoms with Crippen LogP contribution in [0.5, 0.6) is 0 Å². The minimum Gasteiger partial charge on any atom is -0.462 e. The van der Waals surface area contributed by atoms with E-state index in [-0.39, 0.29) is 12.2 Å². The maximum atomic E-state index is 12.3. The second-order valence-corrected chi connectivity index (χ2v) is 3.34. The van der Waals surface area contributed by atoms with Gasteiger partial charge in [0.1, 0.15) is 5.56 Å². The number of halogens is 1. The van der Waals surface area contributed by atoms with Crippen molar-refractivity contribution in [2.75, 3.05) is 6.61 Å². The Morgan fingerprint density at radius 2 is 2.47 bits per heavy atom. The second kappa shape index (κ2) is 4.99. The minimum absolute atomic E-state index is 0.122. The van der Waals surface area contributed by atoms with Gasteiger partial charge < -0.3 is 9.29 Å². The normalized spacial score (nSPS) is 12.5. The molecule has 0 aliphatic rings. The molecule has 1 unspecified atom stereocenters. The van der Waals surface area contributed by atoms with E-state index in [1.165, 1.54) is 0 Å². The first kappa shape index (κ1) is 11.8. The van der Waals surface area contributed by atoms with Crippen molar-refractivity contribution in [1.29, 1.82) is 0 Å². The van der Waals surface area contributed by atoms with E-state index in [1.807, 2.05) is 0 Å². The molecular formula is C7H9FN2O4S. The predicted molar refractivity (Wildman–Crippen MR) is 48.3 cm³/mol. The van der Waals surface area contributed by atoms with Gasteiger partial charge in [0.15, 0.2) is 11.8 Å². The molecule has 0 aliphatic heterocycles. The van der Waals surface area contributed by atoms with Gasteiger partial charge in [-0.05, 0) is 6.92 Å². The lowest BCUT2D eigenvalue weighted by atomic mass is 10.4. The number of rotatable bonds is 4. The highest BCUT2D eigenvalue weighted by atomic mass is 32.2. The number of aromatic nitrogens is 2. The molecule has 0 saturated carbocycles. The maximum Gasteiger partial charge on any atom is 0.342 e. The highest BCUT2D eigenvalue weighted by Crippen LogP contribution is 2.14. The summed E-state index contributed by atoms with van der Waals surface area (Å²) in [6, 6.07) is 0. The van der Waals surface area contributed by atoms with E-state index in [0.29, 0.717) is 4.68 Å². The molecule has 1 aromatic rings. The van der Waals surface area contributed by atoms with Crippen molar-refractivity contribution in [2.24, 2.45) is 0 Å². The molecule has 84 valence electrons. The molecule has 0 radical (unpaired) electrons. The first-order chi connectivity index (χ1) is 7.11. The molecule has 8 heteroatoms. The Kier molecular flexibility index (Phi) is 3.92. The standard InChI is InChI=1S/C7H9FN2O4S/c1-2-14-7(11)5-3-9-10(4-8)6(5)15(12)13/h3H,2,4H2,1H3,(H,12,13). The van der Waals surface area contributed by atoms with Gasteiger partial charge in [0.25, 0.3) is 0 Å². The molecule has 0 saturated heterocycles. The molecule has 0 amide bonds. The Morgan fingerprint density at radius 1 is 1.80 bits per heavy atom. The third kappa shape index (κ3) is 2.39. The smallest absolute Gasteiger partial charge is 0.342 e. The Labute approximate surface area is 87.3 Å². The number of alkyl halides is 1. The number of ether oxygens (including phenoxy) is 1. The van der Waals surface area contributed by atoms with Crippen molar-refractivity contribution in [1.82, 2.24) is 9.78 Å². The van der Waals surface area contributed by atoms with Crippen LogP contribution in [-0.2, 0) is 22.6 Å². The molecule has 1 N–H and O–H groups in total. The van der Waals surface area contributed by atoms with Crippen LogP contribution in [0.25, 0.3) is 0 Å². The van der Waals surface area contributed by atoms with Crippen LogP contribution in [-0.4, -0.2) is 31.1 Å². The van der Waals surface area contributed by atoms with Crippen molar-refractivity contribution < 1.29 is 22.7 Å². The highest BCUT2D eigenvalue weighted by molar-refractivity contribution is 7.79. The number of hydrogen-bond acceptors (Lipinski definition) is 4. The van der Waals surface area contributed by atoms with Crippen LogP contribution in [0.4, 0.5) is 4.39 Å². The Balaban J connectivity index is 3.13. The summed E-state index contributed by atoms with van der Waals surface area (Å²) in [7, 11) is 0. The lowest BCUT2D eigenvalue weighted by Gasteiger charge is -2.02. The van der Waals surface area contributed by atoms with Crippen LogP contribution in [0.2, 0.25) is 0 Å². The molecule has 1 aromatic heterocycles. The molecule has 0 aromatic carbocycles. The van der Waals surface area contributed by atoms with E-state index in [0.717, 1.165) is 6.20 Å². The van der Waals surface area contributed by atoms with Gasteiger partial charge in [0.2, 0.25) is 11.1 Å². The summed E-state index contributed by atoms with van der Waals surface area (Å²) >= 11 is -2.49. The van der Waals surface area contributed by atoms with Crippen molar-refractivity contribution in [3.63, 3.8) is 0 Å². The molecule has 1 atom stereocenters. The fourth-order valence-corrected chi connectivity index (χ4v) is 1.59. The first-order valence-corrected chi connectivity index (χ1v) is 5.12. The molecule has 15 heavy (non-hydrogen) atoms. The summed E-state index contributed by atoms with van der Waals surface area (Å²) in [6.07, 6.45) is 1.00. The van der Waals surface area contributed by atoms with Gasteiger partial charge >= 0.3 is 5.97 Å². The molecular weight excluding hydrogens is 227 g/mol. The summed E-state index contributed by atoms with van der Waals surface area (Å²) < 4.78 is 37.3. The lowest BCUT2D eigenvalue weighted by Crippen LogP contribution is -2.10. The third-order valence-corrected chi connectivity index (χ3v) is 2.33. The molecule has 6 nitrogen and oxygen atoms in total. The number of nitrogens with zero attached hydrogens (tertiary/aromatic N) is 2. The molecule has 0 bridgehead atoms. The van der Waals surface area contributed by atoms with Crippen molar-refractivity contribution >= 4 is 17.0 Å². The Morgan fingerprint density at radius 3 is 2.93 bits per heavy atom. The molecule has 0 fully saturated rings. The Bertz CT molecular complexity index is 392. The van der Waals surface area contributed by atoms with Crippen molar-refractivity contribution in [3.8, 4) is 0 Å². The fraction of sp³-hybridized carbons (Fsp3) is 0.429. The predicted octanol–water partition coefficient (Wildman–Crippen LogP) is 0.567. The average Bonchev–Trinajstić information content (AvgIpc) is 2.61. The fourth-order valence-electron chi connectivity index (χ4n) is 0.992. The summed E-state index contributed by atoms with van der Waals surface area (Å²) in [6.45, 7) is 0.630. The van der Waals surface area contributed by atoms with Crippen LogP contribution in [0.3, 0.4) is 0 Å². The Hall–Kier alpha value is -1.28. The monoisotopic (exact) mass is 236 g/mol. The van der Waals surface area contributed by atoms with E-state index in [4.69, 9.17) is 4.55 Å². The van der Waals surface area contributed by atoms with Crippen LogP contribution >= 0.6 is 0 Å². The van der Waals surface area contributed by atoms with Gasteiger partial charge in [0.05, 0.1) is 12.8 Å². The second-order valence-electron chi connectivity index (χ2n) is 2.45. The first-order valence-electron chi connectivity index (χ1n) is 4.01. The van der Waals surface area contributed by atoms with Crippen LogP contribution in [0.1, 0.15) is 17.3 Å². The van der Waals surface area contributed by atoms with Gasteiger partial charge in [0, 0.05) is 0 Å². The van der Waals surface area contributed by atoms with Gasteiger partial charge in [-0.1, -0.05) is 0 Å². The van der Waals surface area contributed by atoms with Gasteiger partial charge in [-0.25, -0.2) is 18.1 Å². The van der Waals surface area contributed by atoms with Gasteiger partial charge in [-0.15, -0.1) is 0 Å². The van der Waals surface area contributed by atoms with E-state index < -0.39 is 28.9 Å². The number of esters is 1. The molecule has 0 aliphatic carbocycles. The van der Waals surface area contributed by atoms with Crippen LogP contribution < -0.4 is 0 Å². The molecule has 1 rings (SSSR count). The molecule has 0 spiro atoms. The third-order valence-electron chi connectivity index (χ3n) is 1.57. The van der Waals surface area contributed by atoms with Gasteiger partial charge in [-0.2, -0.15) is 5.10 Å². The van der Waals surface area contributed by atoms with E-state index in [9.17, 15) is 13.4 Å². The maximum absolute atomic E-state index is 12.3. The summed E-state index contributed by atoms with van der Waals surface area (Å²) in [5, 5.41) is 3.05. The number of carbonyl (C=O) groups excluding carboxylic acids is 1. The van der Waals surface area contributed by atoms with E-state index >= 15 is 0 Å². The quantitative estimate of drug-likeness (QED) is 0.610. The topological polar surface area (TPSA) is 81.4 Å². The summed E-state index contributed by atoms with van der Waals surface area (Å²) in [4.78, 5) is 11.3. The zero-order chi connectivity index (χ0) is 11.4. The number of hydrogen-bond donors (Lipinski definition) is 1. The lowest BCUT2D eigenvalue weighted by molar-refractivity contribution is 0.0521. The van der Waals surface area contributed by atoms with E-state index in [2.05, 4.69) is 9.84 Å². The summed E-state index contributed by atoms with van der Waals surface area (Å²) in [5.74, 6) is -0.797. The van der Waals surface area contributed by atoms with E-state index in [1.54, 1.807) is 6.92 Å². The molecule has 1 heterocycles.